The van der Waals surface area contributed by atoms with E-state index in [1.165, 1.54) is 62.5 Å². The van der Waals surface area contributed by atoms with E-state index in [0.29, 0.717) is 6.42 Å². The summed E-state index contributed by atoms with van der Waals surface area (Å²) in [5.74, 6) is 0.767. The minimum Gasteiger partial charge on any atom is -0.462 e. The van der Waals surface area contributed by atoms with Crippen molar-refractivity contribution >= 4 is 11.9 Å². The zero-order valence-corrected chi connectivity index (χ0v) is 26.8. The number of benzene rings is 1. The molecule has 242 valence electrons. The molecule has 0 radical (unpaired) electrons. The summed E-state index contributed by atoms with van der Waals surface area (Å²) in [6, 6.07) is 9.03. The van der Waals surface area contributed by atoms with Gasteiger partial charge < -0.3 is 19.7 Å². The Bertz CT molecular complexity index is 1100. The number of carbonyl (C=O) groups excluding carboxylic acids is 2. The number of rotatable bonds is 20. The van der Waals surface area contributed by atoms with Crippen molar-refractivity contribution in [3.05, 3.63) is 83.5 Å². The van der Waals surface area contributed by atoms with Crippen molar-refractivity contribution in [3.63, 3.8) is 0 Å². The van der Waals surface area contributed by atoms with Crippen molar-refractivity contribution < 1.29 is 29.3 Å². The van der Waals surface area contributed by atoms with Crippen molar-refractivity contribution in [1.82, 2.24) is 0 Å². The topological polar surface area (TPSA) is 93.1 Å². The second kappa shape index (κ2) is 19.4. The number of fused-ring (bicyclic) bond motifs is 1. The van der Waals surface area contributed by atoms with Crippen molar-refractivity contribution in [3.8, 4) is 0 Å². The number of aryl methyl sites for hydroxylation is 2. The number of allylic oxidation sites excluding steroid dienone is 4. The normalized spacial score (nSPS) is 19.3. The van der Waals surface area contributed by atoms with E-state index in [0.717, 1.165) is 43.4 Å². The summed E-state index contributed by atoms with van der Waals surface area (Å²) in [5, 5.41) is 18.2. The van der Waals surface area contributed by atoms with E-state index in [1.54, 1.807) is 5.57 Å². The van der Waals surface area contributed by atoms with Crippen LogP contribution in [0.5, 0.6) is 0 Å². The number of aliphatic hydroxyl groups excluding tert-OH is 2. The highest BCUT2D eigenvalue weighted by Gasteiger charge is 2.29. The number of hydrogen-bond acceptors (Lipinski definition) is 6. The van der Waals surface area contributed by atoms with E-state index in [-0.39, 0.29) is 30.3 Å². The Morgan fingerprint density at radius 3 is 2.07 bits per heavy atom. The molecule has 1 fully saturated rings. The lowest BCUT2D eigenvalue weighted by molar-refractivity contribution is -0.144. The van der Waals surface area contributed by atoms with Crippen LogP contribution < -0.4 is 0 Å². The number of aliphatic hydroxyl groups is 2. The number of hydrogen-bond donors (Lipinski definition) is 2. The Morgan fingerprint density at radius 1 is 0.841 bits per heavy atom. The monoisotopic (exact) mass is 606 g/mol. The van der Waals surface area contributed by atoms with E-state index in [4.69, 9.17) is 19.7 Å². The molecule has 1 saturated carbocycles. The summed E-state index contributed by atoms with van der Waals surface area (Å²) < 4.78 is 10.5. The molecule has 3 atom stereocenters. The molecule has 0 spiro atoms. The molecule has 44 heavy (non-hydrogen) atoms. The van der Waals surface area contributed by atoms with Gasteiger partial charge in [-0.3, -0.25) is 0 Å². The van der Waals surface area contributed by atoms with E-state index in [9.17, 15) is 9.59 Å². The molecule has 2 aliphatic carbocycles. The first-order chi connectivity index (χ1) is 21.3. The molecule has 2 aliphatic rings. The molecule has 6 nitrogen and oxygen atoms in total. The lowest BCUT2D eigenvalue weighted by atomic mass is 9.70. The van der Waals surface area contributed by atoms with Gasteiger partial charge in [-0.05, 0) is 93.1 Å². The smallest absolute Gasteiger partial charge is 0.335 e. The van der Waals surface area contributed by atoms with E-state index in [1.807, 2.05) is 0 Å². The molecule has 2 N–H and O–H groups in total. The molecule has 0 aromatic heterocycles. The van der Waals surface area contributed by atoms with Crippen LogP contribution in [-0.4, -0.2) is 48.6 Å². The molecule has 1 aromatic carbocycles. The first-order valence-corrected chi connectivity index (χ1v) is 16.7. The molecule has 3 unspecified atom stereocenters. The van der Waals surface area contributed by atoms with Crippen molar-refractivity contribution in [2.45, 2.75) is 90.4 Å². The molecule has 0 aliphatic heterocycles. The maximum atomic E-state index is 11.9. The number of unbranched alkanes of at least 4 members (excludes halogenated alkanes) is 3. The molecule has 0 saturated heterocycles. The van der Waals surface area contributed by atoms with Gasteiger partial charge in [-0.1, -0.05) is 87.4 Å². The predicted molar refractivity (Wildman–Crippen MR) is 176 cm³/mol. The molecule has 0 bridgehead atoms. The molecular formula is C38H54O6. The van der Waals surface area contributed by atoms with Gasteiger partial charge in [0.05, 0.1) is 37.6 Å². The molecule has 0 amide bonds. The number of esters is 2. The maximum absolute atomic E-state index is 11.9. The largest absolute Gasteiger partial charge is 0.462 e. The first-order valence-electron chi connectivity index (χ1n) is 16.7. The van der Waals surface area contributed by atoms with E-state index < -0.39 is 25.2 Å². The first kappa shape index (κ1) is 35.5. The van der Waals surface area contributed by atoms with Crippen LogP contribution in [0.4, 0.5) is 0 Å². The standard InChI is InChI=1S/C38H54O6/c1-4-5-6-10-32-18-20-36-23-33(19-21-35(36)22-32)17-16-31-14-12-30(13-15-31)9-7-8-11-34(26-43-37(41)28(2)24-39)27-44-38(42)29(3)25-40/h12-15,18,20,22,33-36,39-40H,2-11,16-17,19,21,23-27H2,1H3. The van der Waals surface area contributed by atoms with Crippen LogP contribution in [0.2, 0.25) is 0 Å². The number of ether oxygens (including phenoxy) is 2. The fourth-order valence-electron chi connectivity index (χ4n) is 6.27. The van der Waals surface area contributed by atoms with Crippen molar-refractivity contribution in [2.75, 3.05) is 26.4 Å². The minimum atomic E-state index is -0.661. The summed E-state index contributed by atoms with van der Waals surface area (Å²) in [7, 11) is 0. The Hall–Kier alpha value is -2.96. The summed E-state index contributed by atoms with van der Waals surface area (Å²) in [4.78, 5) is 23.8. The Kier molecular flexibility index (Phi) is 15.7. The lowest BCUT2D eigenvalue weighted by Crippen LogP contribution is -2.24. The summed E-state index contributed by atoms with van der Waals surface area (Å²) in [6.45, 7) is 8.41. The van der Waals surface area contributed by atoms with E-state index in [2.05, 4.69) is 62.6 Å². The Labute approximate surface area is 264 Å². The summed E-state index contributed by atoms with van der Waals surface area (Å²) in [6.07, 6.45) is 22.6. The lowest BCUT2D eigenvalue weighted by Gasteiger charge is -2.35. The maximum Gasteiger partial charge on any atom is 0.335 e. The zero-order valence-electron chi connectivity index (χ0n) is 26.8. The van der Waals surface area contributed by atoms with Crippen molar-refractivity contribution in [1.29, 1.82) is 0 Å². The fourth-order valence-corrected chi connectivity index (χ4v) is 6.27. The third kappa shape index (κ3) is 12.2. The SMILES string of the molecule is C=C(CO)C(=O)OCC(CCCCc1ccc(CCC2CCC3C=C(CCCCC)C=CC3C2)cc1)COC(=O)C(=C)CO. The minimum absolute atomic E-state index is 0.0179. The molecule has 3 rings (SSSR count). The van der Waals surface area contributed by atoms with Gasteiger partial charge in [0.1, 0.15) is 0 Å². The molecule has 0 heterocycles. The fraction of sp³-hybridized carbons (Fsp3) is 0.579. The Morgan fingerprint density at radius 2 is 1.45 bits per heavy atom. The highest BCUT2D eigenvalue weighted by molar-refractivity contribution is 5.88. The average molecular weight is 607 g/mol. The van der Waals surface area contributed by atoms with Gasteiger partial charge in [-0.25, -0.2) is 9.59 Å². The quantitative estimate of drug-likeness (QED) is 0.0924. The van der Waals surface area contributed by atoms with Crippen LogP contribution in [0.25, 0.3) is 0 Å². The second-order valence-corrected chi connectivity index (χ2v) is 12.8. The highest BCUT2D eigenvalue weighted by Crippen LogP contribution is 2.40. The average Bonchev–Trinajstić information content (AvgIpc) is 3.05. The molecular weight excluding hydrogens is 552 g/mol. The zero-order chi connectivity index (χ0) is 31.7. The van der Waals surface area contributed by atoms with Gasteiger partial charge in [-0.15, -0.1) is 0 Å². The van der Waals surface area contributed by atoms with Crippen LogP contribution >= 0.6 is 0 Å². The van der Waals surface area contributed by atoms with Gasteiger partial charge in [0.2, 0.25) is 0 Å². The molecule has 6 heteroatoms. The predicted octanol–water partition coefficient (Wildman–Crippen LogP) is 7.24. The van der Waals surface area contributed by atoms with Gasteiger partial charge >= 0.3 is 11.9 Å². The van der Waals surface area contributed by atoms with Gasteiger partial charge in [0.25, 0.3) is 0 Å². The van der Waals surface area contributed by atoms with Gasteiger partial charge in [-0.2, -0.15) is 0 Å². The van der Waals surface area contributed by atoms with Crippen LogP contribution in [0, 0.1) is 23.7 Å². The van der Waals surface area contributed by atoms with E-state index >= 15 is 0 Å². The highest BCUT2D eigenvalue weighted by atomic mass is 16.5. The third-order valence-corrected chi connectivity index (χ3v) is 9.17. The Balaban J connectivity index is 1.37. The van der Waals surface area contributed by atoms with Crippen LogP contribution in [0.1, 0.15) is 88.7 Å². The number of carbonyl (C=O) groups is 2. The molecule has 1 aromatic rings. The second-order valence-electron chi connectivity index (χ2n) is 12.8. The van der Waals surface area contributed by atoms with Gasteiger partial charge in [0.15, 0.2) is 0 Å². The summed E-state index contributed by atoms with van der Waals surface area (Å²) >= 11 is 0. The van der Waals surface area contributed by atoms with Crippen LogP contribution in [0.15, 0.2) is 72.4 Å². The van der Waals surface area contributed by atoms with Crippen molar-refractivity contribution in [2.24, 2.45) is 23.7 Å². The summed E-state index contributed by atoms with van der Waals surface area (Å²) in [5.41, 5.74) is 4.24. The van der Waals surface area contributed by atoms with Crippen LogP contribution in [0.3, 0.4) is 0 Å². The van der Waals surface area contributed by atoms with Gasteiger partial charge in [0, 0.05) is 5.92 Å². The third-order valence-electron chi connectivity index (χ3n) is 9.17. The van der Waals surface area contributed by atoms with Crippen LogP contribution in [-0.2, 0) is 31.9 Å².